The minimum Gasteiger partial charge on any atom is -0.393 e. The monoisotopic (exact) mass is 278 g/mol. The second kappa shape index (κ2) is 7.36. The zero-order chi connectivity index (χ0) is 14.4. The Morgan fingerprint density at radius 3 is 2.90 bits per heavy atom. The van der Waals surface area contributed by atoms with Crippen LogP contribution in [0.5, 0.6) is 0 Å². The van der Waals surface area contributed by atoms with Crippen LogP contribution in [-0.4, -0.2) is 39.4 Å². The molecule has 1 aliphatic rings. The van der Waals surface area contributed by atoms with E-state index in [4.69, 9.17) is 10.00 Å². The van der Waals surface area contributed by atoms with Crippen molar-refractivity contribution < 1.29 is 9.84 Å². The largest absolute Gasteiger partial charge is 0.393 e. The van der Waals surface area contributed by atoms with E-state index in [1.165, 1.54) is 0 Å². The summed E-state index contributed by atoms with van der Waals surface area (Å²) in [5, 5.41) is 26.6. The van der Waals surface area contributed by atoms with E-state index in [0.717, 1.165) is 56.8 Å². The van der Waals surface area contributed by atoms with Gasteiger partial charge in [0.1, 0.15) is 5.69 Å². The van der Waals surface area contributed by atoms with Crippen molar-refractivity contribution in [3.05, 3.63) is 11.4 Å². The van der Waals surface area contributed by atoms with Gasteiger partial charge in [-0.25, -0.2) is 4.68 Å². The molecule has 2 heterocycles. The molecular formula is C14H22N4O2. The van der Waals surface area contributed by atoms with E-state index < -0.39 is 0 Å². The van der Waals surface area contributed by atoms with Gasteiger partial charge in [0.15, 0.2) is 0 Å². The van der Waals surface area contributed by atoms with Crippen molar-refractivity contribution in [2.75, 3.05) is 13.2 Å². The average molecular weight is 278 g/mol. The highest BCUT2D eigenvalue weighted by Gasteiger charge is 2.24. The van der Waals surface area contributed by atoms with Crippen LogP contribution in [0.15, 0.2) is 0 Å². The van der Waals surface area contributed by atoms with E-state index in [2.05, 4.69) is 16.4 Å². The molecule has 0 saturated carbocycles. The Hall–Kier alpha value is -1.45. The van der Waals surface area contributed by atoms with Gasteiger partial charge in [-0.15, -0.1) is 5.10 Å². The van der Waals surface area contributed by atoms with Crippen molar-refractivity contribution in [1.82, 2.24) is 15.0 Å². The molecule has 0 spiro atoms. The Morgan fingerprint density at radius 1 is 1.50 bits per heavy atom. The predicted octanol–water partition coefficient (Wildman–Crippen LogP) is 1.40. The summed E-state index contributed by atoms with van der Waals surface area (Å²) in [5.41, 5.74) is 1.90. The first-order chi connectivity index (χ1) is 9.72. The average Bonchev–Trinajstić information content (AvgIpc) is 2.83. The minimum absolute atomic E-state index is 0.288. The molecule has 0 radical (unpaired) electrons. The molecule has 6 heteroatoms. The standard InChI is InChI=1S/C14H22N4O2/c1-11(19)3-2-8-18-14(12-5-9-20-10-6-12)13(4-7-15)16-17-18/h11-12,19H,2-6,8-10H2,1H3. The summed E-state index contributed by atoms with van der Waals surface area (Å²) in [6.07, 6.45) is 3.56. The highest BCUT2D eigenvalue weighted by atomic mass is 16.5. The first-order valence-electron chi connectivity index (χ1n) is 7.27. The zero-order valence-corrected chi connectivity index (χ0v) is 12.0. The number of aliphatic hydroxyl groups excluding tert-OH is 1. The maximum Gasteiger partial charge on any atom is 0.100 e. The smallest absolute Gasteiger partial charge is 0.100 e. The fourth-order valence-electron chi connectivity index (χ4n) is 2.68. The first kappa shape index (κ1) is 14.9. The molecule has 110 valence electrons. The molecule has 0 amide bonds. The van der Waals surface area contributed by atoms with Gasteiger partial charge in [-0.2, -0.15) is 5.26 Å². The third kappa shape index (κ3) is 3.78. The lowest BCUT2D eigenvalue weighted by molar-refractivity contribution is 0.0832. The maximum atomic E-state index is 9.33. The summed E-state index contributed by atoms with van der Waals surface area (Å²) in [6, 6.07) is 2.16. The molecule has 1 atom stereocenters. The summed E-state index contributed by atoms with van der Waals surface area (Å²) in [5.74, 6) is 0.383. The van der Waals surface area contributed by atoms with Crippen molar-refractivity contribution in [3.63, 3.8) is 0 Å². The molecule has 1 N–H and O–H groups in total. The Kier molecular flexibility index (Phi) is 5.50. The number of ether oxygens (including phenoxy) is 1. The Morgan fingerprint density at radius 2 is 2.25 bits per heavy atom. The maximum absolute atomic E-state index is 9.33. The summed E-state index contributed by atoms with van der Waals surface area (Å²) in [6.45, 7) is 4.06. The molecular weight excluding hydrogens is 256 g/mol. The fraction of sp³-hybridized carbons (Fsp3) is 0.786. The van der Waals surface area contributed by atoms with Gasteiger partial charge in [0.25, 0.3) is 0 Å². The molecule has 1 aliphatic heterocycles. The van der Waals surface area contributed by atoms with Crippen molar-refractivity contribution in [1.29, 1.82) is 5.26 Å². The molecule has 2 rings (SSSR count). The van der Waals surface area contributed by atoms with Crippen LogP contribution in [0, 0.1) is 11.3 Å². The SMILES string of the molecule is CC(O)CCCn1nnc(CC#N)c1C1CCOCC1. The van der Waals surface area contributed by atoms with Crippen LogP contribution < -0.4 is 0 Å². The number of aryl methyl sites for hydroxylation is 1. The van der Waals surface area contributed by atoms with E-state index in [-0.39, 0.29) is 6.10 Å². The van der Waals surface area contributed by atoms with Crippen molar-refractivity contribution in [2.24, 2.45) is 0 Å². The molecule has 0 aliphatic carbocycles. The highest BCUT2D eigenvalue weighted by molar-refractivity contribution is 5.19. The van der Waals surface area contributed by atoms with Gasteiger partial charge in [-0.3, -0.25) is 0 Å². The number of hydrogen-bond donors (Lipinski definition) is 1. The van der Waals surface area contributed by atoms with Gasteiger partial charge >= 0.3 is 0 Å². The highest BCUT2D eigenvalue weighted by Crippen LogP contribution is 2.29. The number of aromatic nitrogens is 3. The van der Waals surface area contributed by atoms with E-state index in [1.807, 2.05) is 4.68 Å². The summed E-state index contributed by atoms with van der Waals surface area (Å²) < 4.78 is 7.32. The normalized spacial score (nSPS) is 17.9. The lowest BCUT2D eigenvalue weighted by Crippen LogP contribution is -2.19. The van der Waals surface area contributed by atoms with Crippen LogP contribution in [0.25, 0.3) is 0 Å². The van der Waals surface area contributed by atoms with Gasteiger partial charge in [0.2, 0.25) is 0 Å². The van der Waals surface area contributed by atoms with Crippen LogP contribution >= 0.6 is 0 Å². The molecule has 20 heavy (non-hydrogen) atoms. The number of rotatable bonds is 6. The molecule has 1 aromatic heterocycles. The molecule has 0 bridgehead atoms. The van der Waals surface area contributed by atoms with Gasteiger partial charge in [0, 0.05) is 25.7 Å². The topological polar surface area (TPSA) is 84.0 Å². The Balaban J connectivity index is 2.11. The van der Waals surface area contributed by atoms with Gasteiger partial charge in [-0.05, 0) is 32.6 Å². The zero-order valence-electron chi connectivity index (χ0n) is 12.0. The molecule has 0 aromatic carbocycles. The second-order valence-electron chi connectivity index (χ2n) is 5.36. The van der Waals surface area contributed by atoms with E-state index >= 15 is 0 Å². The minimum atomic E-state index is -0.288. The predicted molar refractivity (Wildman–Crippen MR) is 73.0 cm³/mol. The lowest BCUT2D eigenvalue weighted by atomic mass is 9.94. The van der Waals surface area contributed by atoms with Crippen LogP contribution in [0.3, 0.4) is 0 Å². The molecule has 1 unspecified atom stereocenters. The van der Waals surface area contributed by atoms with Gasteiger partial charge < -0.3 is 9.84 Å². The third-order valence-electron chi connectivity index (χ3n) is 3.69. The Bertz CT molecular complexity index is 458. The molecule has 1 aromatic rings. The van der Waals surface area contributed by atoms with E-state index in [1.54, 1.807) is 6.92 Å². The fourth-order valence-corrected chi connectivity index (χ4v) is 2.68. The van der Waals surface area contributed by atoms with Crippen LogP contribution in [0.2, 0.25) is 0 Å². The van der Waals surface area contributed by atoms with Crippen LogP contribution in [-0.2, 0) is 17.7 Å². The van der Waals surface area contributed by atoms with E-state index in [9.17, 15) is 5.11 Å². The lowest BCUT2D eigenvalue weighted by Gasteiger charge is -2.23. The quantitative estimate of drug-likeness (QED) is 0.850. The third-order valence-corrected chi connectivity index (χ3v) is 3.69. The summed E-state index contributed by atoms with van der Waals surface area (Å²) in [4.78, 5) is 0. The van der Waals surface area contributed by atoms with Gasteiger partial charge in [0.05, 0.1) is 24.3 Å². The second-order valence-corrected chi connectivity index (χ2v) is 5.36. The molecule has 6 nitrogen and oxygen atoms in total. The molecule has 1 saturated heterocycles. The number of aliphatic hydroxyl groups is 1. The first-order valence-corrected chi connectivity index (χ1v) is 7.27. The van der Waals surface area contributed by atoms with Crippen LogP contribution in [0.1, 0.15) is 49.9 Å². The Labute approximate surface area is 119 Å². The molecule has 1 fully saturated rings. The van der Waals surface area contributed by atoms with Crippen LogP contribution in [0.4, 0.5) is 0 Å². The number of nitrogens with zero attached hydrogens (tertiary/aromatic N) is 4. The summed E-state index contributed by atoms with van der Waals surface area (Å²) in [7, 11) is 0. The van der Waals surface area contributed by atoms with Crippen molar-refractivity contribution in [2.45, 2.75) is 57.6 Å². The van der Waals surface area contributed by atoms with Crippen molar-refractivity contribution in [3.8, 4) is 6.07 Å². The van der Waals surface area contributed by atoms with E-state index in [0.29, 0.717) is 12.3 Å². The summed E-state index contributed by atoms with van der Waals surface area (Å²) >= 11 is 0. The number of nitriles is 1. The van der Waals surface area contributed by atoms with Crippen molar-refractivity contribution >= 4 is 0 Å². The number of hydrogen-bond acceptors (Lipinski definition) is 5. The van der Waals surface area contributed by atoms with Gasteiger partial charge in [-0.1, -0.05) is 5.21 Å².